The number of fused-ring (bicyclic) bond motifs is 2. The summed E-state index contributed by atoms with van der Waals surface area (Å²) in [5.74, 6) is 2.85. The van der Waals surface area contributed by atoms with Gasteiger partial charge in [0.2, 0.25) is 0 Å². The topological polar surface area (TPSA) is 38.7 Å². The highest BCUT2D eigenvalue weighted by Crippen LogP contribution is 2.17. The third kappa shape index (κ3) is 2.84. The molecule has 0 spiro atoms. The van der Waals surface area contributed by atoms with Gasteiger partial charge in [-0.1, -0.05) is 0 Å². The SMILES string of the molecule is OCCSCC1CN2CNCN(C1)C2. The van der Waals surface area contributed by atoms with Crippen LogP contribution in [0.5, 0.6) is 0 Å². The van der Waals surface area contributed by atoms with E-state index < -0.39 is 0 Å². The van der Waals surface area contributed by atoms with Gasteiger partial charge in [0.05, 0.1) is 26.6 Å². The summed E-state index contributed by atoms with van der Waals surface area (Å²) in [6, 6.07) is 0. The average Bonchev–Trinajstić information content (AvgIpc) is 2.18. The van der Waals surface area contributed by atoms with Gasteiger partial charge in [0.25, 0.3) is 0 Å². The van der Waals surface area contributed by atoms with Gasteiger partial charge in [-0.25, -0.2) is 0 Å². The molecule has 0 aromatic carbocycles. The van der Waals surface area contributed by atoms with Crippen molar-refractivity contribution in [1.29, 1.82) is 0 Å². The molecule has 2 rings (SSSR count). The Morgan fingerprint density at radius 1 is 1.29 bits per heavy atom. The van der Waals surface area contributed by atoms with Gasteiger partial charge in [0.1, 0.15) is 0 Å². The van der Waals surface area contributed by atoms with Crippen LogP contribution in [0.1, 0.15) is 0 Å². The number of nitrogens with one attached hydrogen (secondary N) is 1. The molecule has 2 unspecified atom stereocenters. The van der Waals surface area contributed by atoms with Crippen molar-refractivity contribution in [3.05, 3.63) is 0 Å². The highest BCUT2D eigenvalue weighted by atomic mass is 32.2. The first-order valence-corrected chi connectivity index (χ1v) is 6.38. The number of aliphatic hydroxyl groups excluding tert-OH is 1. The first-order chi connectivity index (χ1) is 6.88. The summed E-state index contributed by atoms with van der Waals surface area (Å²) in [6.45, 7) is 5.94. The Bertz CT molecular complexity index is 169. The molecule has 2 atom stereocenters. The molecule has 0 amide bonds. The maximum atomic E-state index is 8.71. The van der Waals surface area contributed by atoms with E-state index in [1.54, 1.807) is 0 Å². The summed E-state index contributed by atoms with van der Waals surface area (Å²) in [7, 11) is 0. The lowest BCUT2D eigenvalue weighted by molar-refractivity contribution is 0.00323. The smallest absolute Gasteiger partial charge is 0.0530 e. The standard InChI is InChI=1S/C9H19N3OS/c13-1-2-14-5-9-3-11-6-10-7-12(4-9)8-11/h9-10,13H,1-8H2. The molecule has 0 radical (unpaired) electrons. The van der Waals surface area contributed by atoms with Gasteiger partial charge in [-0.05, 0) is 11.7 Å². The van der Waals surface area contributed by atoms with Gasteiger partial charge in [0, 0.05) is 18.8 Å². The van der Waals surface area contributed by atoms with E-state index in [1.165, 1.54) is 18.8 Å². The fourth-order valence-electron chi connectivity index (χ4n) is 2.20. The van der Waals surface area contributed by atoms with Gasteiger partial charge < -0.3 is 5.11 Å². The fraction of sp³-hybridized carbons (Fsp3) is 1.00. The molecule has 5 heteroatoms. The summed E-state index contributed by atoms with van der Waals surface area (Å²) >= 11 is 1.87. The van der Waals surface area contributed by atoms with Crippen LogP contribution in [0.15, 0.2) is 0 Å². The number of aliphatic hydroxyl groups is 1. The van der Waals surface area contributed by atoms with Crippen LogP contribution in [-0.4, -0.2) is 66.1 Å². The van der Waals surface area contributed by atoms with E-state index in [1.807, 2.05) is 11.8 Å². The Morgan fingerprint density at radius 2 is 2.00 bits per heavy atom. The number of hydrogen-bond acceptors (Lipinski definition) is 5. The van der Waals surface area contributed by atoms with Crippen molar-refractivity contribution in [2.45, 2.75) is 0 Å². The lowest BCUT2D eigenvalue weighted by Crippen LogP contribution is -2.60. The van der Waals surface area contributed by atoms with Gasteiger partial charge in [-0.3, -0.25) is 15.1 Å². The predicted molar refractivity (Wildman–Crippen MR) is 59.0 cm³/mol. The first-order valence-electron chi connectivity index (χ1n) is 5.22. The van der Waals surface area contributed by atoms with Crippen molar-refractivity contribution in [2.24, 2.45) is 5.92 Å². The number of hydrogen-bond donors (Lipinski definition) is 2. The Labute approximate surface area is 89.6 Å². The molecular weight excluding hydrogens is 198 g/mol. The Balaban J connectivity index is 1.72. The van der Waals surface area contributed by atoms with Gasteiger partial charge in [0.15, 0.2) is 0 Å². The second kappa shape index (κ2) is 5.32. The van der Waals surface area contributed by atoms with Crippen LogP contribution in [0.2, 0.25) is 0 Å². The molecule has 0 aromatic rings. The minimum Gasteiger partial charge on any atom is -0.396 e. The maximum absolute atomic E-state index is 8.71. The van der Waals surface area contributed by atoms with Crippen LogP contribution in [-0.2, 0) is 0 Å². The third-order valence-electron chi connectivity index (χ3n) is 2.69. The fourth-order valence-corrected chi connectivity index (χ4v) is 3.04. The molecule has 2 aliphatic heterocycles. The normalized spacial score (nSPS) is 37.1. The second-order valence-electron chi connectivity index (χ2n) is 4.08. The minimum absolute atomic E-state index is 0.312. The van der Waals surface area contributed by atoms with Crippen molar-refractivity contribution < 1.29 is 5.11 Å². The van der Waals surface area contributed by atoms with E-state index in [2.05, 4.69) is 15.1 Å². The Kier molecular flexibility index (Phi) is 4.07. The Morgan fingerprint density at radius 3 is 2.64 bits per heavy atom. The highest BCUT2D eigenvalue weighted by Gasteiger charge is 2.27. The average molecular weight is 217 g/mol. The van der Waals surface area contributed by atoms with E-state index in [-0.39, 0.29) is 0 Å². The van der Waals surface area contributed by atoms with Crippen LogP contribution < -0.4 is 5.32 Å². The van der Waals surface area contributed by atoms with E-state index >= 15 is 0 Å². The summed E-state index contributed by atoms with van der Waals surface area (Å²) in [6.07, 6.45) is 0. The van der Waals surface area contributed by atoms with Crippen LogP contribution in [0.4, 0.5) is 0 Å². The largest absolute Gasteiger partial charge is 0.396 e. The van der Waals surface area contributed by atoms with Crippen molar-refractivity contribution in [1.82, 2.24) is 15.1 Å². The predicted octanol–water partition coefficient (Wildman–Crippen LogP) is -0.579. The van der Waals surface area contributed by atoms with Crippen molar-refractivity contribution in [3.8, 4) is 0 Å². The molecule has 2 fully saturated rings. The molecule has 0 aliphatic carbocycles. The lowest BCUT2D eigenvalue weighted by atomic mass is 10.1. The molecule has 0 aromatic heterocycles. The lowest BCUT2D eigenvalue weighted by Gasteiger charge is -2.44. The van der Waals surface area contributed by atoms with E-state index in [0.717, 1.165) is 31.7 Å². The summed E-state index contributed by atoms with van der Waals surface area (Å²) < 4.78 is 0. The molecule has 2 aliphatic rings. The number of rotatable bonds is 4. The van der Waals surface area contributed by atoms with Gasteiger partial charge in [-0.2, -0.15) is 11.8 Å². The minimum atomic E-state index is 0.312. The molecule has 82 valence electrons. The molecular formula is C9H19N3OS. The van der Waals surface area contributed by atoms with Gasteiger partial charge in [-0.15, -0.1) is 0 Å². The molecule has 2 heterocycles. The number of thioether (sulfide) groups is 1. The van der Waals surface area contributed by atoms with Crippen LogP contribution in [0.25, 0.3) is 0 Å². The zero-order valence-electron chi connectivity index (χ0n) is 8.48. The van der Waals surface area contributed by atoms with E-state index in [0.29, 0.717) is 6.61 Å². The molecule has 2 bridgehead atoms. The summed E-state index contributed by atoms with van der Waals surface area (Å²) in [5.41, 5.74) is 0. The van der Waals surface area contributed by atoms with Gasteiger partial charge >= 0.3 is 0 Å². The summed E-state index contributed by atoms with van der Waals surface area (Å²) in [4.78, 5) is 4.91. The Hall–Kier alpha value is 0.190. The highest BCUT2D eigenvalue weighted by molar-refractivity contribution is 7.99. The molecule has 2 saturated heterocycles. The quantitative estimate of drug-likeness (QED) is 0.617. The van der Waals surface area contributed by atoms with E-state index in [4.69, 9.17) is 5.11 Å². The molecule has 4 nitrogen and oxygen atoms in total. The first kappa shape index (κ1) is 10.7. The monoisotopic (exact) mass is 217 g/mol. The molecule has 0 saturated carbocycles. The third-order valence-corrected chi connectivity index (χ3v) is 3.87. The number of nitrogens with zero attached hydrogens (tertiary/aromatic N) is 2. The maximum Gasteiger partial charge on any atom is 0.0530 e. The van der Waals surface area contributed by atoms with Crippen LogP contribution in [0.3, 0.4) is 0 Å². The molecule has 2 N–H and O–H groups in total. The van der Waals surface area contributed by atoms with E-state index in [9.17, 15) is 0 Å². The van der Waals surface area contributed by atoms with Crippen LogP contribution >= 0.6 is 11.8 Å². The van der Waals surface area contributed by atoms with Crippen molar-refractivity contribution in [3.63, 3.8) is 0 Å². The van der Waals surface area contributed by atoms with Crippen molar-refractivity contribution in [2.75, 3.05) is 51.2 Å². The zero-order chi connectivity index (χ0) is 9.80. The molecule has 14 heavy (non-hydrogen) atoms. The van der Waals surface area contributed by atoms with Crippen LogP contribution in [0, 0.1) is 5.92 Å². The summed E-state index contributed by atoms with van der Waals surface area (Å²) in [5, 5.41) is 12.1. The van der Waals surface area contributed by atoms with Crippen molar-refractivity contribution >= 4 is 11.8 Å². The zero-order valence-corrected chi connectivity index (χ0v) is 9.30. The second-order valence-corrected chi connectivity index (χ2v) is 5.23.